The fourth-order valence-corrected chi connectivity index (χ4v) is 3.76. The van der Waals surface area contributed by atoms with Crippen molar-refractivity contribution in [1.29, 1.82) is 0 Å². The SMILES string of the molecule is CCCN=C(C)[C@@H]1C(=O)N(c2nc3ccccc3s2)N=C1CCC. The third-order valence-electron chi connectivity index (χ3n) is 3.99. The van der Waals surface area contributed by atoms with Crippen molar-refractivity contribution in [3.63, 3.8) is 0 Å². The molecule has 0 aliphatic carbocycles. The Morgan fingerprint density at radius 1 is 1.29 bits per heavy atom. The third-order valence-corrected chi connectivity index (χ3v) is 5.00. The quantitative estimate of drug-likeness (QED) is 0.735. The number of fused-ring (bicyclic) bond motifs is 1. The summed E-state index contributed by atoms with van der Waals surface area (Å²) in [5, 5.41) is 6.72. The number of thiazole rings is 1. The lowest BCUT2D eigenvalue weighted by molar-refractivity contribution is -0.118. The van der Waals surface area contributed by atoms with Crippen LogP contribution in [-0.4, -0.2) is 28.9 Å². The minimum Gasteiger partial charge on any atom is -0.293 e. The Hall–Kier alpha value is -2.08. The number of para-hydroxylation sites is 1. The van der Waals surface area contributed by atoms with E-state index >= 15 is 0 Å². The second kappa shape index (κ2) is 7.21. The van der Waals surface area contributed by atoms with E-state index in [1.165, 1.54) is 16.3 Å². The fourth-order valence-electron chi connectivity index (χ4n) is 2.84. The normalized spacial score (nSPS) is 18.5. The van der Waals surface area contributed by atoms with E-state index in [1.54, 1.807) is 0 Å². The molecule has 0 saturated carbocycles. The van der Waals surface area contributed by atoms with Crippen LogP contribution >= 0.6 is 11.3 Å². The van der Waals surface area contributed by atoms with Gasteiger partial charge in [0.2, 0.25) is 5.13 Å². The van der Waals surface area contributed by atoms with E-state index in [0.29, 0.717) is 5.13 Å². The van der Waals surface area contributed by atoms with Crippen molar-refractivity contribution in [2.45, 2.75) is 40.0 Å². The van der Waals surface area contributed by atoms with Crippen LogP contribution in [-0.2, 0) is 4.79 Å². The molecule has 3 rings (SSSR count). The highest BCUT2D eigenvalue weighted by Gasteiger charge is 2.39. The number of hydrogen-bond donors (Lipinski definition) is 0. The van der Waals surface area contributed by atoms with Gasteiger partial charge in [-0.1, -0.05) is 43.7 Å². The molecule has 5 nitrogen and oxygen atoms in total. The Labute approximate surface area is 146 Å². The summed E-state index contributed by atoms with van der Waals surface area (Å²) < 4.78 is 1.06. The van der Waals surface area contributed by atoms with Crippen LogP contribution in [0.1, 0.15) is 40.0 Å². The van der Waals surface area contributed by atoms with Gasteiger partial charge in [0.25, 0.3) is 5.91 Å². The minimum absolute atomic E-state index is 0.0325. The molecule has 0 unspecified atom stereocenters. The third kappa shape index (κ3) is 3.11. The number of carbonyl (C=O) groups is 1. The number of aromatic nitrogens is 1. The Balaban J connectivity index is 1.95. The predicted octanol–water partition coefficient (Wildman–Crippen LogP) is 4.29. The summed E-state index contributed by atoms with van der Waals surface area (Å²) in [4.78, 5) is 22.1. The van der Waals surface area contributed by atoms with E-state index in [2.05, 4.69) is 28.9 Å². The number of hydrazone groups is 1. The highest BCUT2D eigenvalue weighted by molar-refractivity contribution is 7.22. The average molecular weight is 342 g/mol. The second-order valence-corrected chi connectivity index (χ2v) is 6.92. The number of carbonyl (C=O) groups excluding carboxylic acids is 1. The number of aliphatic imine (C=N–C) groups is 1. The maximum Gasteiger partial charge on any atom is 0.264 e. The molecule has 0 N–H and O–H groups in total. The van der Waals surface area contributed by atoms with E-state index in [1.807, 2.05) is 31.2 Å². The van der Waals surface area contributed by atoms with Gasteiger partial charge in [-0.3, -0.25) is 9.79 Å². The van der Waals surface area contributed by atoms with Crippen molar-refractivity contribution in [1.82, 2.24) is 4.98 Å². The molecule has 2 heterocycles. The Kier molecular flexibility index (Phi) is 5.04. The molecule has 0 radical (unpaired) electrons. The first-order valence-corrected chi connectivity index (χ1v) is 9.25. The standard InChI is InChI=1S/C18H22N4OS/c1-4-8-14-16(12(3)19-11-5-2)17(23)22(21-14)18-20-13-9-6-7-10-15(13)24-18/h6-7,9-10,16H,4-5,8,11H2,1-3H3/t16-/m0/s1. The summed E-state index contributed by atoms with van der Waals surface area (Å²) in [6.45, 7) is 6.87. The van der Waals surface area contributed by atoms with Crippen LogP contribution in [0, 0.1) is 5.92 Å². The van der Waals surface area contributed by atoms with E-state index in [-0.39, 0.29) is 11.8 Å². The van der Waals surface area contributed by atoms with Crippen LogP contribution in [0.15, 0.2) is 34.4 Å². The summed E-state index contributed by atoms with van der Waals surface area (Å²) in [5.74, 6) is -0.363. The molecule has 0 saturated heterocycles. The molecule has 1 aliphatic heterocycles. The first-order chi connectivity index (χ1) is 11.7. The zero-order valence-corrected chi connectivity index (χ0v) is 15.1. The fraction of sp³-hybridized carbons (Fsp3) is 0.444. The molecule has 1 amide bonds. The predicted molar refractivity (Wildman–Crippen MR) is 101 cm³/mol. The van der Waals surface area contributed by atoms with Crippen molar-refractivity contribution in [2.24, 2.45) is 16.0 Å². The largest absolute Gasteiger partial charge is 0.293 e. The molecular weight excluding hydrogens is 320 g/mol. The Bertz CT molecular complexity index is 775. The summed E-state index contributed by atoms with van der Waals surface area (Å²) in [6, 6.07) is 7.90. The molecule has 1 aliphatic rings. The van der Waals surface area contributed by atoms with Gasteiger partial charge in [0.15, 0.2) is 0 Å². The minimum atomic E-state index is -0.330. The van der Waals surface area contributed by atoms with Crippen LogP contribution in [0.2, 0.25) is 0 Å². The lowest BCUT2D eigenvalue weighted by atomic mass is 9.95. The van der Waals surface area contributed by atoms with Gasteiger partial charge in [0.05, 0.1) is 15.9 Å². The first-order valence-electron chi connectivity index (χ1n) is 8.43. The monoisotopic (exact) mass is 342 g/mol. The van der Waals surface area contributed by atoms with Crippen molar-refractivity contribution in [3.05, 3.63) is 24.3 Å². The summed E-state index contributed by atoms with van der Waals surface area (Å²) in [7, 11) is 0. The molecular formula is C18H22N4OS. The number of anilines is 1. The molecule has 2 aromatic rings. The van der Waals surface area contributed by atoms with Crippen LogP contribution in [0.3, 0.4) is 0 Å². The maximum absolute atomic E-state index is 13.0. The number of nitrogens with zero attached hydrogens (tertiary/aromatic N) is 4. The van der Waals surface area contributed by atoms with Crippen molar-refractivity contribution in [2.75, 3.05) is 11.6 Å². The molecule has 6 heteroatoms. The number of benzene rings is 1. The van der Waals surface area contributed by atoms with Crippen molar-refractivity contribution < 1.29 is 4.79 Å². The van der Waals surface area contributed by atoms with Gasteiger partial charge in [0, 0.05) is 12.3 Å². The Morgan fingerprint density at radius 2 is 2.08 bits per heavy atom. The van der Waals surface area contributed by atoms with Gasteiger partial charge < -0.3 is 0 Å². The van der Waals surface area contributed by atoms with Gasteiger partial charge in [-0.15, -0.1) is 0 Å². The van der Waals surface area contributed by atoms with E-state index < -0.39 is 0 Å². The molecule has 1 aromatic carbocycles. The van der Waals surface area contributed by atoms with Gasteiger partial charge >= 0.3 is 0 Å². The highest BCUT2D eigenvalue weighted by atomic mass is 32.1. The molecule has 0 spiro atoms. The van der Waals surface area contributed by atoms with Crippen molar-refractivity contribution >= 4 is 44.0 Å². The first kappa shape index (κ1) is 16.8. The number of amides is 1. The van der Waals surface area contributed by atoms with E-state index in [4.69, 9.17) is 0 Å². The molecule has 0 bridgehead atoms. The number of hydrogen-bond acceptors (Lipinski definition) is 5. The van der Waals surface area contributed by atoms with Crippen LogP contribution in [0.5, 0.6) is 0 Å². The molecule has 24 heavy (non-hydrogen) atoms. The second-order valence-electron chi connectivity index (χ2n) is 5.91. The summed E-state index contributed by atoms with van der Waals surface area (Å²) in [5.41, 5.74) is 2.66. The Morgan fingerprint density at radius 3 is 2.79 bits per heavy atom. The zero-order chi connectivity index (χ0) is 17.1. The lowest BCUT2D eigenvalue weighted by Gasteiger charge is -2.12. The van der Waals surface area contributed by atoms with E-state index in [9.17, 15) is 4.79 Å². The van der Waals surface area contributed by atoms with Crippen LogP contribution in [0.4, 0.5) is 5.13 Å². The number of rotatable bonds is 6. The smallest absolute Gasteiger partial charge is 0.264 e. The van der Waals surface area contributed by atoms with Gasteiger partial charge in [-0.2, -0.15) is 10.1 Å². The van der Waals surface area contributed by atoms with Crippen molar-refractivity contribution in [3.8, 4) is 0 Å². The summed E-state index contributed by atoms with van der Waals surface area (Å²) >= 11 is 1.50. The molecule has 0 fully saturated rings. The van der Waals surface area contributed by atoms with Crippen LogP contribution < -0.4 is 5.01 Å². The maximum atomic E-state index is 13.0. The molecule has 1 atom stereocenters. The van der Waals surface area contributed by atoms with E-state index in [0.717, 1.165) is 47.4 Å². The van der Waals surface area contributed by atoms with Gasteiger partial charge in [-0.25, -0.2) is 4.98 Å². The molecule has 1 aromatic heterocycles. The lowest BCUT2D eigenvalue weighted by Crippen LogP contribution is -2.32. The molecule has 126 valence electrons. The average Bonchev–Trinajstić information content (AvgIpc) is 3.14. The van der Waals surface area contributed by atoms with Crippen LogP contribution in [0.25, 0.3) is 10.2 Å². The van der Waals surface area contributed by atoms with Gasteiger partial charge in [-0.05, 0) is 31.9 Å². The topological polar surface area (TPSA) is 57.9 Å². The summed E-state index contributed by atoms with van der Waals surface area (Å²) in [6.07, 6.45) is 2.73. The van der Waals surface area contributed by atoms with Gasteiger partial charge in [0.1, 0.15) is 5.92 Å². The highest BCUT2D eigenvalue weighted by Crippen LogP contribution is 2.33. The zero-order valence-electron chi connectivity index (χ0n) is 14.3.